The van der Waals surface area contributed by atoms with Gasteiger partial charge >= 0.3 is 0 Å². The predicted octanol–water partition coefficient (Wildman–Crippen LogP) is 3.58. The number of ketones is 1. The number of nitrogens with zero attached hydrogens (tertiary/aromatic N) is 1. The maximum atomic E-state index is 11.4. The smallest absolute Gasteiger partial charge is 0.161 e. The molecule has 0 bridgehead atoms. The van der Waals surface area contributed by atoms with Crippen LogP contribution in [0.25, 0.3) is 11.3 Å². The quantitative estimate of drug-likeness (QED) is 0.787. The Labute approximate surface area is 113 Å². The molecule has 0 aliphatic heterocycles. The highest BCUT2D eigenvalue weighted by molar-refractivity contribution is 5.95. The minimum absolute atomic E-state index is 0.0439. The molecule has 0 fully saturated rings. The van der Waals surface area contributed by atoms with E-state index >= 15 is 0 Å². The second-order valence-electron chi connectivity index (χ2n) is 4.57. The maximum absolute atomic E-state index is 11.4. The summed E-state index contributed by atoms with van der Waals surface area (Å²) in [6.07, 6.45) is 0. The van der Waals surface area contributed by atoms with Crippen molar-refractivity contribution in [2.75, 3.05) is 7.11 Å². The Hall–Kier alpha value is -2.16. The fraction of sp³-hybridized carbons (Fsp3) is 0.250. The van der Waals surface area contributed by atoms with Gasteiger partial charge in [-0.15, -0.1) is 0 Å². The number of ether oxygens (including phenoxy) is 1. The van der Waals surface area contributed by atoms with Gasteiger partial charge in [0, 0.05) is 16.8 Å². The Morgan fingerprint density at radius 3 is 2.42 bits per heavy atom. The second-order valence-corrected chi connectivity index (χ2v) is 4.57. The van der Waals surface area contributed by atoms with Crippen LogP contribution in [0.2, 0.25) is 0 Å². The van der Waals surface area contributed by atoms with Crippen molar-refractivity contribution in [2.45, 2.75) is 20.8 Å². The van der Waals surface area contributed by atoms with Gasteiger partial charge < -0.3 is 4.74 Å². The molecule has 0 saturated heterocycles. The Morgan fingerprint density at radius 2 is 1.89 bits per heavy atom. The average molecular weight is 255 g/mol. The number of hydrogen-bond donors (Lipinski definition) is 0. The van der Waals surface area contributed by atoms with E-state index in [-0.39, 0.29) is 5.78 Å². The van der Waals surface area contributed by atoms with E-state index in [1.807, 2.05) is 44.2 Å². The number of aryl methyl sites for hydroxylation is 2. The Bertz CT molecular complexity index is 633. The molecule has 1 heterocycles. The van der Waals surface area contributed by atoms with E-state index in [1.54, 1.807) is 14.0 Å². The first-order chi connectivity index (χ1) is 9.02. The second kappa shape index (κ2) is 5.22. The molecule has 3 heteroatoms. The highest BCUT2D eigenvalue weighted by Crippen LogP contribution is 2.25. The first-order valence-corrected chi connectivity index (χ1v) is 6.16. The van der Waals surface area contributed by atoms with Gasteiger partial charge in [0.05, 0.1) is 12.8 Å². The minimum atomic E-state index is 0.0439. The first kappa shape index (κ1) is 13.3. The lowest BCUT2D eigenvalue weighted by Gasteiger charge is -2.09. The number of methoxy groups -OCH3 is 1. The monoisotopic (exact) mass is 255 g/mol. The third-order valence-electron chi connectivity index (χ3n) is 3.16. The normalized spacial score (nSPS) is 10.3. The molecule has 98 valence electrons. The van der Waals surface area contributed by atoms with Crippen molar-refractivity contribution >= 4 is 5.78 Å². The van der Waals surface area contributed by atoms with Crippen LogP contribution in [-0.4, -0.2) is 17.9 Å². The van der Waals surface area contributed by atoms with Gasteiger partial charge in [0.1, 0.15) is 5.75 Å². The Kier molecular flexibility index (Phi) is 3.65. The van der Waals surface area contributed by atoms with Crippen molar-refractivity contribution in [2.24, 2.45) is 0 Å². The summed E-state index contributed by atoms with van der Waals surface area (Å²) in [7, 11) is 1.66. The van der Waals surface area contributed by atoms with Crippen LogP contribution in [0.15, 0.2) is 30.3 Å². The van der Waals surface area contributed by atoms with Gasteiger partial charge in [0.15, 0.2) is 5.78 Å². The highest BCUT2D eigenvalue weighted by atomic mass is 16.5. The molecule has 0 spiro atoms. The third-order valence-corrected chi connectivity index (χ3v) is 3.16. The zero-order valence-corrected chi connectivity index (χ0v) is 11.7. The molecule has 0 radical (unpaired) electrons. The van der Waals surface area contributed by atoms with Gasteiger partial charge in [-0.1, -0.05) is 0 Å². The number of aromatic nitrogens is 1. The molecule has 0 N–H and O–H groups in total. The van der Waals surface area contributed by atoms with E-state index in [0.29, 0.717) is 5.56 Å². The van der Waals surface area contributed by atoms with E-state index in [1.165, 1.54) is 0 Å². The zero-order chi connectivity index (χ0) is 14.0. The lowest BCUT2D eigenvalue weighted by molar-refractivity contribution is 0.101. The van der Waals surface area contributed by atoms with Gasteiger partial charge in [-0.3, -0.25) is 9.78 Å². The molecular formula is C16H17NO2. The van der Waals surface area contributed by atoms with Crippen molar-refractivity contribution in [1.29, 1.82) is 0 Å². The minimum Gasteiger partial charge on any atom is -0.496 e. The first-order valence-electron chi connectivity index (χ1n) is 6.16. The summed E-state index contributed by atoms with van der Waals surface area (Å²) in [5.41, 5.74) is 4.40. The molecule has 0 atom stereocenters. The van der Waals surface area contributed by atoms with Crippen LogP contribution >= 0.6 is 0 Å². The van der Waals surface area contributed by atoms with Gasteiger partial charge in [0.2, 0.25) is 0 Å². The van der Waals surface area contributed by atoms with Crippen molar-refractivity contribution < 1.29 is 9.53 Å². The molecule has 0 unspecified atom stereocenters. The molecule has 1 aromatic carbocycles. The molecule has 0 aliphatic rings. The molecule has 2 rings (SSSR count). The fourth-order valence-electron chi connectivity index (χ4n) is 2.13. The number of carbonyl (C=O) groups excluding carboxylic acids is 1. The molecule has 19 heavy (non-hydrogen) atoms. The van der Waals surface area contributed by atoms with Crippen LogP contribution < -0.4 is 4.74 Å². The van der Waals surface area contributed by atoms with Crippen LogP contribution in [0.4, 0.5) is 0 Å². The molecule has 0 amide bonds. The van der Waals surface area contributed by atoms with E-state index < -0.39 is 0 Å². The van der Waals surface area contributed by atoms with Crippen molar-refractivity contribution in [3.05, 3.63) is 47.2 Å². The molecule has 2 aromatic rings. The van der Waals surface area contributed by atoms with E-state index in [2.05, 4.69) is 4.98 Å². The van der Waals surface area contributed by atoms with Crippen molar-refractivity contribution in [3.63, 3.8) is 0 Å². The number of carbonyl (C=O) groups is 1. The van der Waals surface area contributed by atoms with Crippen LogP contribution in [0.1, 0.15) is 28.5 Å². The maximum Gasteiger partial charge on any atom is 0.161 e. The predicted molar refractivity (Wildman–Crippen MR) is 75.7 cm³/mol. The number of rotatable bonds is 3. The largest absolute Gasteiger partial charge is 0.496 e. The summed E-state index contributed by atoms with van der Waals surface area (Å²) >= 11 is 0. The molecule has 1 aromatic heterocycles. The molecule has 0 saturated carbocycles. The third kappa shape index (κ3) is 2.65. The number of benzene rings is 1. The Morgan fingerprint density at radius 1 is 1.16 bits per heavy atom. The SMILES string of the molecule is COc1ccc(-c2ccc(C(C)=O)c(C)n2)cc1C. The van der Waals surface area contributed by atoms with E-state index in [0.717, 1.165) is 28.3 Å². The lowest BCUT2D eigenvalue weighted by atomic mass is 10.0. The van der Waals surface area contributed by atoms with Crippen molar-refractivity contribution in [3.8, 4) is 17.0 Å². The average Bonchev–Trinajstić information content (AvgIpc) is 2.38. The molecule has 0 aliphatic carbocycles. The number of Topliss-reactive ketones (excluding diaryl/α,β-unsaturated/α-hetero) is 1. The summed E-state index contributed by atoms with van der Waals surface area (Å²) in [6, 6.07) is 9.65. The van der Waals surface area contributed by atoms with Crippen LogP contribution in [0, 0.1) is 13.8 Å². The zero-order valence-electron chi connectivity index (χ0n) is 11.7. The van der Waals surface area contributed by atoms with Crippen LogP contribution in [-0.2, 0) is 0 Å². The standard InChI is InChI=1S/C16H17NO2/c1-10-9-13(5-8-16(10)19-4)15-7-6-14(12(3)18)11(2)17-15/h5-9H,1-4H3. The summed E-state index contributed by atoms with van der Waals surface area (Å²) in [6.45, 7) is 5.41. The van der Waals surface area contributed by atoms with Gasteiger partial charge in [-0.25, -0.2) is 0 Å². The molecular weight excluding hydrogens is 238 g/mol. The van der Waals surface area contributed by atoms with E-state index in [4.69, 9.17) is 4.74 Å². The lowest BCUT2D eigenvalue weighted by Crippen LogP contribution is -1.99. The summed E-state index contributed by atoms with van der Waals surface area (Å²) in [5, 5.41) is 0. The van der Waals surface area contributed by atoms with Crippen LogP contribution in [0.5, 0.6) is 5.75 Å². The summed E-state index contributed by atoms with van der Waals surface area (Å²) < 4.78 is 5.25. The van der Waals surface area contributed by atoms with Gasteiger partial charge in [-0.2, -0.15) is 0 Å². The number of hydrogen-bond acceptors (Lipinski definition) is 3. The number of pyridine rings is 1. The molecule has 3 nitrogen and oxygen atoms in total. The van der Waals surface area contributed by atoms with E-state index in [9.17, 15) is 4.79 Å². The van der Waals surface area contributed by atoms with Gasteiger partial charge in [0.25, 0.3) is 0 Å². The summed E-state index contributed by atoms with van der Waals surface area (Å²) in [5.74, 6) is 0.906. The van der Waals surface area contributed by atoms with Gasteiger partial charge in [-0.05, 0) is 56.7 Å². The highest BCUT2D eigenvalue weighted by Gasteiger charge is 2.08. The van der Waals surface area contributed by atoms with Crippen molar-refractivity contribution in [1.82, 2.24) is 4.98 Å². The van der Waals surface area contributed by atoms with Crippen LogP contribution in [0.3, 0.4) is 0 Å². The fourth-order valence-corrected chi connectivity index (χ4v) is 2.13. The topological polar surface area (TPSA) is 39.2 Å². The summed E-state index contributed by atoms with van der Waals surface area (Å²) in [4.78, 5) is 15.9. The Balaban J connectivity index is 2.45.